The number of aliphatic hydroxyl groups is 1. The second-order valence-corrected chi connectivity index (χ2v) is 3.21. The standard InChI is InChI=1S/C7H12O2/c1-5(8)6-3-7(2,9)4-6/h6,9H,3-4H2,1-2H3. The highest BCUT2D eigenvalue weighted by Crippen LogP contribution is 2.37. The zero-order valence-electron chi connectivity index (χ0n) is 5.85. The van der Waals surface area contributed by atoms with Gasteiger partial charge in [0, 0.05) is 5.92 Å². The molecular weight excluding hydrogens is 116 g/mol. The summed E-state index contributed by atoms with van der Waals surface area (Å²) >= 11 is 0. The third-order valence-corrected chi connectivity index (χ3v) is 1.95. The van der Waals surface area contributed by atoms with E-state index in [4.69, 9.17) is 0 Å². The van der Waals surface area contributed by atoms with E-state index in [0.29, 0.717) is 12.8 Å². The maximum atomic E-state index is 10.6. The summed E-state index contributed by atoms with van der Waals surface area (Å²) in [7, 11) is 0. The molecule has 9 heavy (non-hydrogen) atoms. The number of Topliss-reactive ketones (excluding diaryl/α,β-unsaturated/α-hetero) is 1. The van der Waals surface area contributed by atoms with Crippen molar-refractivity contribution in [3.8, 4) is 0 Å². The van der Waals surface area contributed by atoms with Crippen LogP contribution in [0.25, 0.3) is 0 Å². The van der Waals surface area contributed by atoms with Crippen LogP contribution in [0.1, 0.15) is 26.7 Å². The SMILES string of the molecule is CC(=O)C1CC(C)(O)C1. The Hall–Kier alpha value is -0.370. The van der Waals surface area contributed by atoms with Gasteiger partial charge < -0.3 is 5.11 Å². The Balaban J connectivity index is 2.35. The van der Waals surface area contributed by atoms with E-state index in [2.05, 4.69) is 0 Å². The van der Waals surface area contributed by atoms with Gasteiger partial charge in [-0.3, -0.25) is 4.79 Å². The van der Waals surface area contributed by atoms with Gasteiger partial charge in [0.1, 0.15) is 5.78 Å². The minimum absolute atomic E-state index is 0.139. The Labute approximate surface area is 54.9 Å². The van der Waals surface area contributed by atoms with Crippen LogP contribution >= 0.6 is 0 Å². The van der Waals surface area contributed by atoms with Crippen LogP contribution in [0.2, 0.25) is 0 Å². The lowest BCUT2D eigenvalue weighted by atomic mass is 9.70. The molecule has 0 saturated heterocycles. The Morgan fingerprint density at radius 2 is 2.11 bits per heavy atom. The number of carbonyl (C=O) groups is 1. The van der Waals surface area contributed by atoms with Crippen molar-refractivity contribution in [1.29, 1.82) is 0 Å². The summed E-state index contributed by atoms with van der Waals surface area (Å²) in [4.78, 5) is 10.6. The first-order valence-corrected chi connectivity index (χ1v) is 3.24. The van der Waals surface area contributed by atoms with Gasteiger partial charge in [-0.05, 0) is 26.7 Å². The third-order valence-electron chi connectivity index (χ3n) is 1.95. The van der Waals surface area contributed by atoms with E-state index < -0.39 is 5.60 Å². The van der Waals surface area contributed by atoms with Crippen molar-refractivity contribution in [3.05, 3.63) is 0 Å². The molecule has 0 bridgehead atoms. The van der Waals surface area contributed by atoms with Gasteiger partial charge >= 0.3 is 0 Å². The Morgan fingerprint density at radius 1 is 1.67 bits per heavy atom. The van der Waals surface area contributed by atoms with Crippen LogP contribution in [0.3, 0.4) is 0 Å². The maximum absolute atomic E-state index is 10.6. The van der Waals surface area contributed by atoms with Gasteiger partial charge in [0.15, 0.2) is 0 Å². The Bertz CT molecular complexity index is 130. The number of hydrogen-bond donors (Lipinski definition) is 1. The zero-order chi connectivity index (χ0) is 7.07. The molecular formula is C7H12O2. The lowest BCUT2D eigenvalue weighted by Gasteiger charge is -2.39. The molecule has 52 valence electrons. The highest BCUT2D eigenvalue weighted by Gasteiger charge is 2.40. The van der Waals surface area contributed by atoms with Gasteiger partial charge in [0.2, 0.25) is 0 Å². The fourth-order valence-corrected chi connectivity index (χ4v) is 1.29. The molecule has 0 atom stereocenters. The van der Waals surface area contributed by atoms with Gasteiger partial charge in [-0.15, -0.1) is 0 Å². The van der Waals surface area contributed by atoms with Crippen LogP contribution in [-0.2, 0) is 4.79 Å². The molecule has 2 heteroatoms. The molecule has 0 aliphatic heterocycles. The van der Waals surface area contributed by atoms with Crippen LogP contribution in [0.5, 0.6) is 0 Å². The van der Waals surface area contributed by atoms with Gasteiger partial charge in [-0.1, -0.05) is 0 Å². The van der Waals surface area contributed by atoms with Crippen LogP contribution in [0.4, 0.5) is 0 Å². The Kier molecular flexibility index (Phi) is 1.35. The number of rotatable bonds is 1. The summed E-state index contributed by atoms with van der Waals surface area (Å²) < 4.78 is 0. The van der Waals surface area contributed by atoms with E-state index in [9.17, 15) is 9.90 Å². The summed E-state index contributed by atoms with van der Waals surface area (Å²) in [5, 5.41) is 9.18. The molecule has 0 spiro atoms. The van der Waals surface area contributed by atoms with E-state index in [0.717, 1.165) is 0 Å². The summed E-state index contributed by atoms with van der Waals surface area (Å²) in [6.45, 7) is 3.35. The highest BCUT2D eigenvalue weighted by molar-refractivity contribution is 5.79. The van der Waals surface area contributed by atoms with Gasteiger partial charge in [-0.2, -0.15) is 0 Å². The predicted octanol–water partition coefficient (Wildman–Crippen LogP) is 0.736. The average molecular weight is 128 g/mol. The first-order chi connectivity index (χ1) is 4.01. The summed E-state index contributed by atoms with van der Waals surface area (Å²) in [5.41, 5.74) is -0.545. The van der Waals surface area contributed by atoms with Crippen molar-refractivity contribution in [2.45, 2.75) is 32.3 Å². The minimum atomic E-state index is -0.545. The van der Waals surface area contributed by atoms with Gasteiger partial charge in [-0.25, -0.2) is 0 Å². The molecule has 1 aliphatic carbocycles. The molecule has 0 aromatic rings. The lowest BCUT2D eigenvalue weighted by molar-refractivity contribution is -0.134. The van der Waals surface area contributed by atoms with E-state index in [1.807, 2.05) is 0 Å². The average Bonchev–Trinajstić information content (AvgIpc) is 1.59. The normalized spacial score (nSPS) is 41.9. The first-order valence-electron chi connectivity index (χ1n) is 3.24. The lowest BCUT2D eigenvalue weighted by Crippen LogP contribution is -2.43. The fourth-order valence-electron chi connectivity index (χ4n) is 1.29. The fraction of sp³-hybridized carbons (Fsp3) is 0.857. The van der Waals surface area contributed by atoms with Gasteiger partial charge in [0.05, 0.1) is 5.60 Å². The highest BCUT2D eigenvalue weighted by atomic mass is 16.3. The van der Waals surface area contributed by atoms with Crippen molar-refractivity contribution in [2.24, 2.45) is 5.92 Å². The second-order valence-electron chi connectivity index (χ2n) is 3.21. The number of carbonyl (C=O) groups excluding carboxylic acids is 1. The Morgan fingerprint density at radius 3 is 2.22 bits per heavy atom. The van der Waals surface area contributed by atoms with Gasteiger partial charge in [0.25, 0.3) is 0 Å². The topological polar surface area (TPSA) is 37.3 Å². The summed E-state index contributed by atoms with van der Waals surface area (Å²) in [6.07, 6.45) is 1.31. The maximum Gasteiger partial charge on any atom is 0.133 e. The van der Waals surface area contributed by atoms with E-state index >= 15 is 0 Å². The predicted molar refractivity (Wildman–Crippen MR) is 34.0 cm³/mol. The molecule has 1 fully saturated rings. The molecule has 0 amide bonds. The second kappa shape index (κ2) is 1.81. The van der Waals surface area contributed by atoms with Crippen LogP contribution in [0.15, 0.2) is 0 Å². The van der Waals surface area contributed by atoms with E-state index in [-0.39, 0.29) is 11.7 Å². The molecule has 0 heterocycles. The molecule has 1 saturated carbocycles. The molecule has 0 unspecified atom stereocenters. The molecule has 2 nitrogen and oxygen atoms in total. The van der Waals surface area contributed by atoms with E-state index in [1.54, 1.807) is 13.8 Å². The quantitative estimate of drug-likeness (QED) is 0.565. The van der Waals surface area contributed by atoms with Crippen molar-refractivity contribution < 1.29 is 9.90 Å². The molecule has 0 radical (unpaired) electrons. The first kappa shape index (κ1) is 6.75. The molecule has 0 aromatic carbocycles. The van der Waals surface area contributed by atoms with Crippen LogP contribution < -0.4 is 0 Å². The van der Waals surface area contributed by atoms with Crippen molar-refractivity contribution in [3.63, 3.8) is 0 Å². The van der Waals surface area contributed by atoms with Crippen molar-refractivity contribution in [1.82, 2.24) is 0 Å². The number of ketones is 1. The largest absolute Gasteiger partial charge is 0.390 e. The summed E-state index contributed by atoms with van der Waals surface area (Å²) in [5.74, 6) is 0.349. The minimum Gasteiger partial charge on any atom is -0.390 e. The zero-order valence-corrected chi connectivity index (χ0v) is 5.85. The van der Waals surface area contributed by atoms with Crippen LogP contribution in [-0.4, -0.2) is 16.5 Å². The smallest absolute Gasteiger partial charge is 0.133 e. The molecule has 1 N–H and O–H groups in total. The van der Waals surface area contributed by atoms with Crippen molar-refractivity contribution in [2.75, 3.05) is 0 Å². The molecule has 1 rings (SSSR count). The number of hydrogen-bond acceptors (Lipinski definition) is 2. The van der Waals surface area contributed by atoms with Crippen LogP contribution in [0, 0.1) is 5.92 Å². The summed E-state index contributed by atoms with van der Waals surface area (Å²) in [6, 6.07) is 0. The third kappa shape index (κ3) is 1.30. The van der Waals surface area contributed by atoms with E-state index in [1.165, 1.54) is 0 Å². The molecule has 1 aliphatic rings. The van der Waals surface area contributed by atoms with Crippen molar-refractivity contribution >= 4 is 5.78 Å². The monoisotopic (exact) mass is 128 g/mol. The molecule has 0 aromatic heterocycles.